The quantitative estimate of drug-likeness (QED) is 0.616. The van der Waals surface area contributed by atoms with Gasteiger partial charge in [0.2, 0.25) is 0 Å². The van der Waals surface area contributed by atoms with Crippen LogP contribution < -0.4 is 5.32 Å². The van der Waals surface area contributed by atoms with E-state index in [1.54, 1.807) is 0 Å². The van der Waals surface area contributed by atoms with Crippen LogP contribution in [0.5, 0.6) is 0 Å². The minimum absolute atomic E-state index is 0.276. The van der Waals surface area contributed by atoms with Gasteiger partial charge in [0.1, 0.15) is 0 Å². The molecule has 2 atom stereocenters. The van der Waals surface area contributed by atoms with Gasteiger partial charge in [0.15, 0.2) is 0 Å². The lowest BCUT2D eigenvalue weighted by atomic mass is 9.84. The summed E-state index contributed by atoms with van der Waals surface area (Å²) in [7, 11) is 0. The van der Waals surface area contributed by atoms with Crippen LogP contribution in [-0.2, 0) is 4.79 Å². The molecule has 1 fully saturated rings. The zero-order valence-electron chi connectivity index (χ0n) is 7.12. The highest BCUT2D eigenvalue weighted by Gasteiger charge is 2.24. The summed E-state index contributed by atoms with van der Waals surface area (Å²) in [6.45, 7) is 5.52. The van der Waals surface area contributed by atoms with E-state index in [4.69, 9.17) is 5.11 Å². The van der Waals surface area contributed by atoms with Gasteiger partial charge in [-0.25, -0.2) is 0 Å². The summed E-state index contributed by atoms with van der Waals surface area (Å²) in [6, 6.07) is 0. The van der Waals surface area contributed by atoms with E-state index in [0.717, 1.165) is 19.5 Å². The van der Waals surface area contributed by atoms with E-state index in [2.05, 4.69) is 11.9 Å². The predicted molar refractivity (Wildman–Crippen MR) is 46.9 cm³/mol. The lowest BCUT2D eigenvalue weighted by Gasteiger charge is -2.28. The van der Waals surface area contributed by atoms with E-state index < -0.39 is 5.97 Å². The number of aliphatic carboxylic acids is 1. The SMILES string of the molecule is C=C[C@H]1CNCCC1CC(=O)O. The monoisotopic (exact) mass is 169 g/mol. The van der Waals surface area contributed by atoms with Crippen LogP contribution in [0, 0.1) is 11.8 Å². The topological polar surface area (TPSA) is 49.3 Å². The summed E-state index contributed by atoms with van der Waals surface area (Å²) in [4.78, 5) is 10.5. The zero-order chi connectivity index (χ0) is 8.97. The summed E-state index contributed by atoms with van der Waals surface area (Å²) in [6.07, 6.45) is 3.08. The van der Waals surface area contributed by atoms with Crippen molar-refractivity contribution >= 4 is 5.97 Å². The van der Waals surface area contributed by atoms with Gasteiger partial charge in [-0.1, -0.05) is 6.08 Å². The van der Waals surface area contributed by atoms with E-state index in [9.17, 15) is 4.79 Å². The Labute approximate surface area is 72.5 Å². The number of carbonyl (C=O) groups is 1. The zero-order valence-corrected chi connectivity index (χ0v) is 7.12. The van der Waals surface area contributed by atoms with Crippen LogP contribution in [0.1, 0.15) is 12.8 Å². The van der Waals surface area contributed by atoms with Crippen LogP contribution in [0.15, 0.2) is 12.7 Å². The molecule has 1 aliphatic heterocycles. The number of hydrogen-bond acceptors (Lipinski definition) is 2. The number of hydrogen-bond donors (Lipinski definition) is 2. The largest absolute Gasteiger partial charge is 0.481 e. The van der Waals surface area contributed by atoms with Gasteiger partial charge in [-0.15, -0.1) is 6.58 Å². The maximum absolute atomic E-state index is 10.5. The first kappa shape index (κ1) is 9.26. The molecule has 3 heteroatoms. The van der Waals surface area contributed by atoms with Crippen molar-refractivity contribution in [3.05, 3.63) is 12.7 Å². The normalized spacial score (nSPS) is 29.7. The Morgan fingerprint density at radius 3 is 3.08 bits per heavy atom. The van der Waals surface area contributed by atoms with Crippen molar-refractivity contribution in [3.8, 4) is 0 Å². The molecule has 0 aliphatic carbocycles. The van der Waals surface area contributed by atoms with Gasteiger partial charge in [-0.2, -0.15) is 0 Å². The summed E-state index contributed by atoms with van der Waals surface area (Å²) < 4.78 is 0. The van der Waals surface area contributed by atoms with Crippen molar-refractivity contribution in [3.63, 3.8) is 0 Å². The molecule has 1 unspecified atom stereocenters. The molecular formula is C9H15NO2. The Hall–Kier alpha value is -0.830. The molecule has 0 aromatic carbocycles. The standard InChI is InChI=1S/C9H15NO2/c1-2-7-6-10-4-3-8(7)5-9(11)12/h2,7-8,10H,1,3-6H2,(H,11,12)/t7-,8?/m0/s1. The molecule has 3 nitrogen and oxygen atoms in total. The number of carboxylic acid groups (broad SMARTS) is 1. The molecule has 1 saturated heterocycles. The highest BCUT2D eigenvalue weighted by Crippen LogP contribution is 2.23. The molecule has 0 spiro atoms. The van der Waals surface area contributed by atoms with Crippen molar-refractivity contribution in [2.45, 2.75) is 12.8 Å². The summed E-state index contributed by atoms with van der Waals surface area (Å²) >= 11 is 0. The lowest BCUT2D eigenvalue weighted by Crippen LogP contribution is -2.36. The Bertz CT molecular complexity index is 179. The Kier molecular flexibility index (Phi) is 3.29. The molecule has 1 heterocycles. The Morgan fingerprint density at radius 1 is 1.75 bits per heavy atom. The van der Waals surface area contributed by atoms with Gasteiger partial charge in [0.25, 0.3) is 0 Å². The fourth-order valence-corrected chi connectivity index (χ4v) is 1.69. The average Bonchev–Trinajstić information content (AvgIpc) is 2.04. The third-order valence-electron chi connectivity index (χ3n) is 2.42. The van der Waals surface area contributed by atoms with Crippen LogP contribution in [0.25, 0.3) is 0 Å². The highest BCUT2D eigenvalue weighted by atomic mass is 16.4. The van der Waals surface area contributed by atoms with Crippen LogP contribution in [-0.4, -0.2) is 24.2 Å². The van der Waals surface area contributed by atoms with Gasteiger partial charge < -0.3 is 10.4 Å². The lowest BCUT2D eigenvalue weighted by molar-refractivity contribution is -0.138. The maximum Gasteiger partial charge on any atom is 0.303 e. The van der Waals surface area contributed by atoms with Crippen LogP contribution in [0.2, 0.25) is 0 Å². The second-order valence-electron chi connectivity index (χ2n) is 3.25. The third kappa shape index (κ3) is 2.34. The fraction of sp³-hybridized carbons (Fsp3) is 0.667. The van der Waals surface area contributed by atoms with Crippen molar-refractivity contribution in [1.29, 1.82) is 0 Å². The molecule has 0 aromatic rings. The minimum atomic E-state index is -0.700. The molecule has 1 aliphatic rings. The number of nitrogens with one attached hydrogen (secondary N) is 1. The maximum atomic E-state index is 10.5. The van der Waals surface area contributed by atoms with E-state index >= 15 is 0 Å². The average molecular weight is 169 g/mol. The van der Waals surface area contributed by atoms with Gasteiger partial charge in [0.05, 0.1) is 0 Å². The molecule has 2 N–H and O–H groups in total. The van der Waals surface area contributed by atoms with Crippen LogP contribution in [0.4, 0.5) is 0 Å². The Balaban J connectivity index is 2.46. The molecule has 12 heavy (non-hydrogen) atoms. The molecule has 0 radical (unpaired) electrons. The van der Waals surface area contributed by atoms with Gasteiger partial charge in [-0.05, 0) is 24.8 Å². The van der Waals surface area contributed by atoms with E-state index in [-0.39, 0.29) is 12.3 Å². The molecule has 68 valence electrons. The molecule has 0 bridgehead atoms. The predicted octanol–water partition coefficient (Wildman–Crippen LogP) is 0.873. The number of carboxylic acids is 1. The Morgan fingerprint density at radius 2 is 2.50 bits per heavy atom. The summed E-state index contributed by atoms with van der Waals surface area (Å²) in [5.74, 6) is -0.0927. The molecule has 0 aromatic heterocycles. The van der Waals surface area contributed by atoms with E-state index in [1.807, 2.05) is 6.08 Å². The van der Waals surface area contributed by atoms with Crippen molar-refractivity contribution < 1.29 is 9.90 Å². The fourth-order valence-electron chi connectivity index (χ4n) is 1.69. The molecular weight excluding hydrogens is 154 g/mol. The first-order valence-electron chi connectivity index (χ1n) is 4.29. The van der Waals surface area contributed by atoms with Crippen molar-refractivity contribution in [1.82, 2.24) is 5.32 Å². The van der Waals surface area contributed by atoms with E-state index in [0.29, 0.717) is 5.92 Å². The molecule has 1 rings (SSSR count). The van der Waals surface area contributed by atoms with Gasteiger partial charge in [-0.3, -0.25) is 4.79 Å². The first-order valence-corrected chi connectivity index (χ1v) is 4.29. The number of rotatable bonds is 3. The molecule has 0 saturated carbocycles. The van der Waals surface area contributed by atoms with E-state index in [1.165, 1.54) is 0 Å². The van der Waals surface area contributed by atoms with Crippen LogP contribution in [0.3, 0.4) is 0 Å². The summed E-state index contributed by atoms with van der Waals surface area (Å²) in [5, 5.41) is 11.8. The van der Waals surface area contributed by atoms with Gasteiger partial charge in [0, 0.05) is 13.0 Å². The first-order chi connectivity index (χ1) is 5.74. The van der Waals surface area contributed by atoms with Crippen molar-refractivity contribution in [2.75, 3.05) is 13.1 Å². The second kappa shape index (κ2) is 4.26. The smallest absolute Gasteiger partial charge is 0.303 e. The molecule has 0 amide bonds. The van der Waals surface area contributed by atoms with Crippen molar-refractivity contribution in [2.24, 2.45) is 11.8 Å². The third-order valence-corrected chi connectivity index (χ3v) is 2.42. The van der Waals surface area contributed by atoms with Gasteiger partial charge >= 0.3 is 5.97 Å². The highest BCUT2D eigenvalue weighted by molar-refractivity contribution is 5.67. The summed E-state index contributed by atoms with van der Waals surface area (Å²) in [5.41, 5.74) is 0. The second-order valence-corrected chi connectivity index (χ2v) is 3.25. The van der Waals surface area contributed by atoms with Crippen LogP contribution >= 0.6 is 0 Å². The minimum Gasteiger partial charge on any atom is -0.481 e. The number of piperidine rings is 1.